The smallest absolute Gasteiger partial charge is 0.166 e. The summed E-state index contributed by atoms with van der Waals surface area (Å²) in [6, 6.07) is 5.58. The zero-order valence-corrected chi connectivity index (χ0v) is 11.1. The second-order valence-electron chi connectivity index (χ2n) is 5.01. The zero-order valence-electron chi connectivity index (χ0n) is 10.3. The van der Waals surface area contributed by atoms with Gasteiger partial charge in [0.15, 0.2) is 5.78 Å². The molecule has 1 aromatic rings. The van der Waals surface area contributed by atoms with Crippen LogP contribution in [0.3, 0.4) is 0 Å². The van der Waals surface area contributed by atoms with Crippen molar-refractivity contribution in [3.05, 3.63) is 34.3 Å². The van der Waals surface area contributed by atoms with Crippen LogP contribution in [0.4, 0.5) is 0 Å². The molecular weight excluding hydrogens is 232 g/mol. The third-order valence-electron chi connectivity index (χ3n) is 3.68. The lowest BCUT2D eigenvalue weighted by Crippen LogP contribution is -2.15. The summed E-state index contributed by atoms with van der Waals surface area (Å²) in [7, 11) is 0. The Bertz CT molecular complexity index is 403. The lowest BCUT2D eigenvalue weighted by atomic mass is 9.89. The van der Waals surface area contributed by atoms with Gasteiger partial charge in [-0.25, -0.2) is 0 Å². The predicted octanol–water partition coefficient (Wildman–Crippen LogP) is 4.80. The molecule has 1 nitrogen and oxygen atoms in total. The number of rotatable bonds is 2. The molecule has 0 heterocycles. The van der Waals surface area contributed by atoms with Crippen LogP contribution in [0.1, 0.15) is 54.4 Å². The van der Waals surface area contributed by atoms with Crippen LogP contribution >= 0.6 is 11.6 Å². The van der Waals surface area contributed by atoms with Gasteiger partial charge in [0, 0.05) is 16.5 Å². The highest BCUT2D eigenvalue weighted by Gasteiger charge is 2.22. The third-order valence-corrected chi connectivity index (χ3v) is 3.91. The summed E-state index contributed by atoms with van der Waals surface area (Å²) in [6.07, 6.45) is 7.07. The van der Waals surface area contributed by atoms with Crippen molar-refractivity contribution < 1.29 is 4.79 Å². The summed E-state index contributed by atoms with van der Waals surface area (Å²) in [5.41, 5.74) is 1.87. The molecule has 0 amide bonds. The van der Waals surface area contributed by atoms with Crippen molar-refractivity contribution >= 4 is 17.4 Å². The monoisotopic (exact) mass is 250 g/mol. The topological polar surface area (TPSA) is 17.1 Å². The van der Waals surface area contributed by atoms with E-state index in [4.69, 9.17) is 11.6 Å². The summed E-state index contributed by atoms with van der Waals surface area (Å²) in [5.74, 6) is 0.554. The lowest BCUT2D eigenvalue weighted by molar-refractivity contribution is 0.0907. The average molecular weight is 251 g/mol. The van der Waals surface area contributed by atoms with E-state index in [0.717, 1.165) is 24.0 Å². The van der Waals surface area contributed by atoms with Gasteiger partial charge in [-0.3, -0.25) is 4.79 Å². The van der Waals surface area contributed by atoms with Crippen LogP contribution in [-0.2, 0) is 0 Å². The molecule has 17 heavy (non-hydrogen) atoms. The number of carbonyl (C=O) groups is 1. The number of halogens is 1. The Hall–Kier alpha value is -0.820. The Kier molecular flexibility index (Phi) is 4.22. The van der Waals surface area contributed by atoms with Crippen LogP contribution in [0, 0.1) is 12.8 Å². The maximum atomic E-state index is 12.4. The molecule has 0 unspecified atom stereocenters. The second kappa shape index (κ2) is 5.68. The summed E-state index contributed by atoms with van der Waals surface area (Å²) in [5, 5.41) is 0.708. The predicted molar refractivity (Wildman–Crippen MR) is 71.7 cm³/mol. The summed E-state index contributed by atoms with van der Waals surface area (Å²) in [6.45, 7) is 1.97. The van der Waals surface area contributed by atoms with Crippen molar-refractivity contribution in [2.45, 2.75) is 45.4 Å². The van der Waals surface area contributed by atoms with Gasteiger partial charge in [-0.1, -0.05) is 37.3 Å². The molecule has 1 fully saturated rings. The second-order valence-corrected chi connectivity index (χ2v) is 5.45. The molecule has 1 saturated carbocycles. The highest BCUT2D eigenvalue weighted by molar-refractivity contribution is 6.30. The fourth-order valence-electron chi connectivity index (χ4n) is 2.67. The number of ketones is 1. The maximum absolute atomic E-state index is 12.4. The van der Waals surface area contributed by atoms with Crippen molar-refractivity contribution in [3.8, 4) is 0 Å². The number of carbonyl (C=O) groups excluding carboxylic acids is 1. The minimum atomic E-state index is 0.234. The van der Waals surface area contributed by atoms with E-state index in [1.54, 1.807) is 0 Å². The Morgan fingerprint density at radius 2 is 1.82 bits per heavy atom. The number of hydrogen-bond donors (Lipinski definition) is 0. The van der Waals surface area contributed by atoms with Gasteiger partial charge in [0.2, 0.25) is 0 Å². The molecule has 0 atom stereocenters. The number of aryl methyl sites for hydroxylation is 1. The normalized spacial score (nSPS) is 17.8. The number of hydrogen-bond acceptors (Lipinski definition) is 1. The summed E-state index contributed by atoms with van der Waals surface area (Å²) in [4.78, 5) is 12.4. The van der Waals surface area contributed by atoms with Crippen molar-refractivity contribution in [2.75, 3.05) is 0 Å². The van der Waals surface area contributed by atoms with Gasteiger partial charge in [-0.15, -0.1) is 0 Å². The molecule has 1 aromatic carbocycles. The van der Waals surface area contributed by atoms with Gasteiger partial charge in [-0.2, -0.15) is 0 Å². The molecule has 2 rings (SSSR count). The van der Waals surface area contributed by atoms with E-state index in [2.05, 4.69) is 0 Å². The molecule has 0 N–H and O–H groups in total. The van der Waals surface area contributed by atoms with Crippen molar-refractivity contribution in [3.63, 3.8) is 0 Å². The molecular formula is C15H19ClO. The fraction of sp³-hybridized carbons (Fsp3) is 0.533. The van der Waals surface area contributed by atoms with E-state index in [9.17, 15) is 4.79 Å². The minimum Gasteiger partial charge on any atom is -0.294 e. The fourth-order valence-corrected chi connectivity index (χ4v) is 2.89. The summed E-state index contributed by atoms with van der Waals surface area (Å²) < 4.78 is 0. The van der Waals surface area contributed by atoms with Gasteiger partial charge in [0.05, 0.1) is 0 Å². The SMILES string of the molecule is Cc1cc(Cl)ccc1C(=O)C1CCCCCC1. The molecule has 0 radical (unpaired) electrons. The number of benzene rings is 1. The lowest BCUT2D eigenvalue weighted by Gasteiger charge is -2.14. The van der Waals surface area contributed by atoms with E-state index < -0.39 is 0 Å². The Balaban J connectivity index is 2.17. The van der Waals surface area contributed by atoms with Gasteiger partial charge in [0.1, 0.15) is 0 Å². The van der Waals surface area contributed by atoms with E-state index in [-0.39, 0.29) is 5.92 Å². The highest BCUT2D eigenvalue weighted by atomic mass is 35.5. The van der Waals surface area contributed by atoms with Crippen LogP contribution in [-0.4, -0.2) is 5.78 Å². The van der Waals surface area contributed by atoms with Crippen LogP contribution in [0.5, 0.6) is 0 Å². The van der Waals surface area contributed by atoms with Crippen LogP contribution in [0.15, 0.2) is 18.2 Å². The first-order chi connectivity index (χ1) is 8.18. The first-order valence-corrected chi connectivity index (χ1v) is 6.86. The molecule has 92 valence electrons. The molecule has 1 aliphatic rings. The van der Waals surface area contributed by atoms with Crippen molar-refractivity contribution in [1.82, 2.24) is 0 Å². The van der Waals surface area contributed by atoms with Gasteiger partial charge in [0.25, 0.3) is 0 Å². The molecule has 2 heteroatoms. The Morgan fingerprint density at radius 1 is 1.18 bits per heavy atom. The Morgan fingerprint density at radius 3 is 2.41 bits per heavy atom. The van der Waals surface area contributed by atoms with Crippen molar-refractivity contribution in [1.29, 1.82) is 0 Å². The quantitative estimate of drug-likeness (QED) is 0.544. The Labute approximate surface area is 108 Å². The largest absolute Gasteiger partial charge is 0.294 e. The van der Waals surface area contributed by atoms with E-state index in [1.807, 2.05) is 25.1 Å². The van der Waals surface area contributed by atoms with Crippen molar-refractivity contribution in [2.24, 2.45) is 5.92 Å². The maximum Gasteiger partial charge on any atom is 0.166 e. The first kappa shape index (κ1) is 12.6. The van der Waals surface area contributed by atoms with E-state index >= 15 is 0 Å². The van der Waals surface area contributed by atoms with Gasteiger partial charge in [-0.05, 0) is 43.5 Å². The average Bonchev–Trinajstić information content (AvgIpc) is 2.56. The molecule has 1 aliphatic carbocycles. The van der Waals surface area contributed by atoms with Gasteiger partial charge >= 0.3 is 0 Å². The first-order valence-electron chi connectivity index (χ1n) is 6.49. The third kappa shape index (κ3) is 3.10. The van der Waals surface area contributed by atoms with Crippen LogP contribution in [0.2, 0.25) is 5.02 Å². The summed E-state index contributed by atoms with van der Waals surface area (Å²) >= 11 is 5.92. The zero-order chi connectivity index (χ0) is 12.3. The van der Waals surface area contributed by atoms with E-state index in [1.165, 1.54) is 25.7 Å². The molecule has 0 spiro atoms. The van der Waals surface area contributed by atoms with Gasteiger partial charge < -0.3 is 0 Å². The molecule has 0 aliphatic heterocycles. The van der Waals surface area contributed by atoms with E-state index in [0.29, 0.717) is 10.8 Å². The molecule has 0 aromatic heterocycles. The standard InChI is InChI=1S/C15H19ClO/c1-11-10-13(16)8-9-14(11)15(17)12-6-4-2-3-5-7-12/h8-10,12H,2-7H2,1H3. The highest BCUT2D eigenvalue weighted by Crippen LogP contribution is 2.27. The van der Waals surface area contributed by atoms with Crippen LogP contribution in [0.25, 0.3) is 0 Å². The number of Topliss-reactive ketones (excluding diaryl/α,β-unsaturated/α-hetero) is 1. The molecule has 0 saturated heterocycles. The minimum absolute atomic E-state index is 0.234. The molecule has 0 bridgehead atoms. The van der Waals surface area contributed by atoms with Crippen LogP contribution < -0.4 is 0 Å².